The van der Waals surface area contributed by atoms with Crippen molar-refractivity contribution in [2.45, 2.75) is 36.9 Å². The summed E-state index contributed by atoms with van der Waals surface area (Å²) >= 11 is 5.82. The van der Waals surface area contributed by atoms with E-state index in [9.17, 15) is 4.79 Å². The summed E-state index contributed by atoms with van der Waals surface area (Å²) in [5, 5.41) is 7.41. The summed E-state index contributed by atoms with van der Waals surface area (Å²) in [5.41, 5.74) is -0.0609. The van der Waals surface area contributed by atoms with E-state index in [1.807, 2.05) is 0 Å². The van der Waals surface area contributed by atoms with Crippen LogP contribution in [0.4, 0.5) is 0 Å². The van der Waals surface area contributed by atoms with Gasteiger partial charge in [-0.2, -0.15) is 12.6 Å². The quantitative estimate of drug-likeness (QED) is 0.456. The normalized spacial score (nSPS) is 15.8. The van der Waals surface area contributed by atoms with Crippen molar-refractivity contribution in [2.24, 2.45) is 0 Å². The van der Waals surface area contributed by atoms with Crippen LogP contribution in [0.5, 0.6) is 0 Å². The molecule has 0 bridgehead atoms. The number of nitrogens with one attached hydrogen (secondary N) is 1. The van der Waals surface area contributed by atoms with E-state index >= 15 is 0 Å². The molecule has 1 heterocycles. The molecule has 0 atom stereocenters. The molecule has 1 fully saturated rings. The van der Waals surface area contributed by atoms with Crippen molar-refractivity contribution in [2.75, 3.05) is 11.5 Å². The number of aromatic nitrogens is 3. The topological polar surface area (TPSA) is 50.7 Å². The molecule has 0 aliphatic heterocycles. The van der Waals surface area contributed by atoms with Gasteiger partial charge in [0.1, 0.15) is 0 Å². The van der Waals surface area contributed by atoms with E-state index in [2.05, 4.69) is 22.8 Å². The van der Waals surface area contributed by atoms with Gasteiger partial charge in [-0.3, -0.25) is 4.57 Å². The largest absolute Gasteiger partial charge is 0.344 e. The van der Waals surface area contributed by atoms with Crippen molar-refractivity contribution < 1.29 is 0 Å². The highest BCUT2D eigenvalue weighted by Crippen LogP contribution is 2.36. The van der Waals surface area contributed by atoms with E-state index in [-0.39, 0.29) is 5.69 Å². The summed E-state index contributed by atoms with van der Waals surface area (Å²) in [5.74, 6) is 1.94. The van der Waals surface area contributed by atoms with Crippen molar-refractivity contribution in [3.05, 3.63) is 10.5 Å². The van der Waals surface area contributed by atoms with Gasteiger partial charge in [-0.25, -0.2) is 9.89 Å². The number of rotatable bonds is 6. The summed E-state index contributed by atoms with van der Waals surface area (Å²) in [6.07, 6.45) is 4.47. The van der Waals surface area contributed by atoms with Crippen LogP contribution in [-0.2, 0) is 0 Å². The number of nitrogens with zero attached hydrogens (tertiary/aromatic N) is 2. The maximum atomic E-state index is 11.4. The number of thioether (sulfide) groups is 1. The molecule has 1 aliphatic rings. The highest BCUT2D eigenvalue weighted by molar-refractivity contribution is 7.99. The number of hydrogen-bond acceptors (Lipinski definition) is 4. The Morgan fingerprint density at radius 2 is 2.33 bits per heavy atom. The lowest BCUT2D eigenvalue weighted by Gasteiger charge is -2.02. The van der Waals surface area contributed by atoms with E-state index in [0.717, 1.165) is 42.3 Å². The first-order valence-corrected chi connectivity index (χ1v) is 6.85. The van der Waals surface area contributed by atoms with Crippen LogP contribution in [0.25, 0.3) is 0 Å². The fourth-order valence-corrected chi connectivity index (χ4v) is 2.66. The zero-order valence-corrected chi connectivity index (χ0v) is 10.2. The second-order valence-corrected chi connectivity index (χ2v) is 5.20. The third-order valence-corrected chi connectivity index (χ3v) is 3.72. The van der Waals surface area contributed by atoms with Crippen LogP contribution in [0.2, 0.25) is 0 Å². The number of hydrogen-bond donors (Lipinski definition) is 2. The van der Waals surface area contributed by atoms with E-state index in [1.165, 1.54) is 0 Å². The third-order valence-electron chi connectivity index (χ3n) is 2.37. The second-order valence-electron chi connectivity index (χ2n) is 3.69. The van der Waals surface area contributed by atoms with Crippen LogP contribution in [0.15, 0.2) is 9.95 Å². The molecule has 1 aromatic rings. The number of unbranched alkanes of at least 4 members (excludes halogenated alkanes) is 1. The van der Waals surface area contributed by atoms with Gasteiger partial charge in [0.05, 0.1) is 0 Å². The molecule has 6 heteroatoms. The molecule has 15 heavy (non-hydrogen) atoms. The summed E-state index contributed by atoms with van der Waals surface area (Å²) in [6, 6.07) is 0.406. The fraction of sp³-hybridized carbons (Fsp3) is 0.778. The molecule has 1 aliphatic carbocycles. The molecule has 1 aromatic heterocycles. The molecule has 0 spiro atoms. The highest BCUT2D eigenvalue weighted by Gasteiger charge is 2.28. The Morgan fingerprint density at radius 3 is 3.00 bits per heavy atom. The predicted octanol–water partition coefficient (Wildman–Crippen LogP) is 1.71. The van der Waals surface area contributed by atoms with Gasteiger partial charge < -0.3 is 0 Å². The molecule has 84 valence electrons. The Balaban J connectivity index is 1.92. The zero-order valence-electron chi connectivity index (χ0n) is 8.48. The minimum absolute atomic E-state index is 0.0609. The van der Waals surface area contributed by atoms with Crippen LogP contribution >= 0.6 is 24.4 Å². The molecule has 1 N–H and O–H groups in total. The monoisotopic (exact) mass is 245 g/mol. The first-order chi connectivity index (χ1) is 7.33. The van der Waals surface area contributed by atoms with Gasteiger partial charge in [0.15, 0.2) is 5.16 Å². The molecule has 0 unspecified atom stereocenters. The van der Waals surface area contributed by atoms with E-state index in [1.54, 1.807) is 16.3 Å². The Kier molecular flexibility index (Phi) is 3.80. The minimum Gasteiger partial charge on any atom is -0.267 e. The number of aromatic amines is 1. The van der Waals surface area contributed by atoms with Gasteiger partial charge in [-0.05, 0) is 31.4 Å². The minimum atomic E-state index is -0.0609. The van der Waals surface area contributed by atoms with Crippen molar-refractivity contribution in [3.63, 3.8) is 0 Å². The summed E-state index contributed by atoms with van der Waals surface area (Å²) in [7, 11) is 0. The van der Waals surface area contributed by atoms with Crippen molar-refractivity contribution in [1.29, 1.82) is 0 Å². The molecular weight excluding hydrogens is 230 g/mol. The van der Waals surface area contributed by atoms with Gasteiger partial charge in [0.25, 0.3) is 0 Å². The standard InChI is InChI=1S/C9H15N3OS2/c13-8-10-11-9(12(8)7-3-4-7)15-6-2-1-5-14/h7,14H,1-6H2,(H,10,13). The smallest absolute Gasteiger partial charge is 0.267 e. The summed E-state index contributed by atoms with van der Waals surface area (Å²) < 4.78 is 1.80. The summed E-state index contributed by atoms with van der Waals surface area (Å²) in [6.45, 7) is 0. The fourth-order valence-electron chi connectivity index (χ4n) is 1.42. The Bertz CT molecular complexity index is 370. The molecule has 0 radical (unpaired) electrons. The lowest BCUT2D eigenvalue weighted by Crippen LogP contribution is -2.16. The van der Waals surface area contributed by atoms with Gasteiger partial charge in [-0.1, -0.05) is 11.8 Å². The Morgan fingerprint density at radius 1 is 1.53 bits per heavy atom. The molecule has 1 saturated carbocycles. The van der Waals surface area contributed by atoms with Crippen molar-refractivity contribution in [1.82, 2.24) is 14.8 Å². The van der Waals surface area contributed by atoms with Crippen molar-refractivity contribution in [3.8, 4) is 0 Å². The Labute approximate surface area is 98.2 Å². The average Bonchev–Trinajstić information content (AvgIpc) is 2.99. The van der Waals surface area contributed by atoms with Crippen LogP contribution < -0.4 is 5.69 Å². The van der Waals surface area contributed by atoms with Gasteiger partial charge >= 0.3 is 5.69 Å². The predicted molar refractivity (Wildman–Crippen MR) is 64.9 cm³/mol. The maximum absolute atomic E-state index is 11.4. The SMILES string of the molecule is O=c1[nH]nc(SCCCCS)n1C1CC1. The average molecular weight is 245 g/mol. The zero-order chi connectivity index (χ0) is 10.7. The number of thiol groups is 1. The Hall–Kier alpha value is -0.360. The lowest BCUT2D eigenvalue weighted by molar-refractivity contribution is 0.642. The maximum Gasteiger partial charge on any atom is 0.344 e. The first-order valence-electron chi connectivity index (χ1n) is 5.23. The van der Waals surface area contributed by atoms with Crippen LogP contribution in [0, 0.1) is 0 Å². The van der Waals surface area contributed by atoms with Crippen molar-refractivity contribution >= 4 is 24.4 Å². The highest BCUT2D eigenvalue weighted by atomic mass is 32.2. The molecular formula is C9H15N3OS2. The van der Waals surface area contributed by atoms with E-state index in [4.69, 9.17) is 0 Å². The summed E-state index contributed by atoms with van der Waals surface area (Å²) in [4.78, 5) is 11.4. The molecule has 2 rings (SSSR count). The molecule has 0 saturated heterocycles. The molecule has 0 amide bonds. The van der Waals surface area contributed by atoms with E-state index < -0.39 is 0 Å². The van der Waals surface area contributed by atoms with Gasteiger partial charge in [0.2, 0.25) is 0 Å². The van der Waals surface area contributed by atoms with Crippen LogP contribution in [-0.4, -0.2) is 26.3 Å². The molecule has 0 aromatic carbocycles. The van der Waals surface area contributed by atoms with E-state index in [0.29, 0.717) is 6.04 Å². The third kappa shape index (κ3) is 2.81. The van der Waals surface area contributed by atoms with Gasteiger partial charge in [-0.15, -0.1) is 5.10 Å². The molecule has 4 nitrogen and oxygen atoms in total. The first kappa shape index (κ1) is 11.1. The van der Waals surface area contributed by atoms with Crippen LogP contribution in [0.1, 0.15) is 31.7 Å². The van der Waals surface area contributed by atoms with Gasteiger partial charge in [0, 0.05) is 11.8 Å². The van der Waals surface area contributed by atoms with Crippen LogP contribution in [0.3, 0.4) is 0 Å². The number of H-pyrrole nitrogens is 1. The lowest BCUT2D eigenvalue weighted by atomic mass is 10.4. The second kappa shape index (κ2) is 5.12.